The lowest BCUT2D eigenvalue weighted by Crippen LogP contribution is -2.39. The molecule has 2 aromatic rings. The first-order chi connectivity index (χ1) is 13.6. The van der Waals surface area contributed by atoms with Crippen LogP contribution in [0.25, 0.3) is 0 Å². The summed E-state index contributed by atoms with van der Waals surface area (Å²) in [7, 11) is 0. The van der Waals surface area contributed by atoms with Crippen molar-refractivity contribution in [2.75, 3.05) is 13.2 Å². The Balaban J connectivity index is 1.34. The van der Waals surface area contributed by atoms with Gasteiger partial charge in [-0.15, -0.1) is 0 Å². The average Bonchev–Trinajstić information content (AvgIpc) is 3.39. The van der Waals surface area contributed by atoms with Crippen molar-refractivity contribution in [1.82, 2.24) is 10.2 Å². The highest BCUT2D eigenvalue weighted by Crippen LogP contribution is 2.23. The molecule has 1 atom stereocenters. The lowest BCUT2D eigenvalue weighted by Gasteiger charge is -2.25. The van der Waals surface area contributed by atoms with Gasteiger partial charge in [-0.3, -0.25) is 9.59 Å². The maximum atomic E-state index is 13.4. The number of halogens is 1. The van der Waals surface area contributed by atoms with E-state index < -0.39 is 5.82 Å². The van der Waals surface area contributed by atoms with E-state index in [0.29, 0.717) is 36.1 Å². The Kier molecular flexibility index (Phi) is 5.28. The Labute approximate surface area is 163 Å². The predicted molar refractivity (Wildman–Crippen MR) is 103 cm³/mol. The SMILES string of the molecule is O=C(NC1CC1)c1ccc(OC[C@H]2CCCN2C(=O)c2cccc(F)c2)cc1. The molecule has 1 N–H and O–H groups in total. The largest absolute Gasteiger partial charge is 0.491 e. The van der Waals surface area contributed by atoms with Gasteiger partial charge in [0.2, 0.25) is 0 Å². The Morgan fingerprint density at radius 2 is 1.86 bits per heavy atom. The molecule has 0 unspecified atom stereocenters. The van der Waals surface area contributed by atoms with Crippen LogP contribution in [0.15, 0.2) is 48.5 Å². The van der Waals surface area contributed by atoms with Crippen LogP contribution in [0.4, 0.5) is 4.39 Å². The minimum absolute atomic E-state index is 0.0476. The van der Waals surface area contributed by atoms with Crippen molar-refractivity contribution >= 4 is 11.8 Å². The summed E-state index contributed by atoms with van der Waals surface area (Å²) in [6, 6.07) is 13.1. The van der Waals surface area contributed by atoms with Crippen molar-refractivity contribution < 1.29 is 18.7 Å². The molecule has 0 radical (unpaired) electrons. The molecular formula is C22H23FN2O3. The number of carbonyl (C=O) groups is 2. The number of nitrogens with zero attached hydrogens (tertiary/aromatic N) is 1. The van der Waals surface area contributed by atoms with E-state index in [1.807, 2.05) is 0 Å². The number of hydrogen-bond donors (Lipinski definition) is 1. The average molecular weight is 382 g/mol. The van der Waals surface area contributed by atoms with Gasteiger partial charge in [0.15, 0.2) is 0 Å². The van der Waals surface area contributed by atoms with Gasteiger partial charge in [0.1, 0.15) is 18.2 Å². The van der Waals surface area contributed by atoms with Gasteiger partial charge in [0, 0.05) is 23.7 Å². The van der Waals surface area contributed by atoms with Crippen LogP contribution in [-0.4, -0.2) is 41.9 Å². The van der Waals surface area contributed by atoms with Gasteiger partial charge >= 0.3 is 0 Å². The van der Waals surface area contributed by atoms with E-state index in [9.17, 15) is 14.0 Å². The summed E-state index contributed by atoms with van der Waals surface area (Å²) in [4.78, 5) is 26.5. The standard InChI is InChI=1S/C22H23FN2O3/c23-17-4-1-3-16(13-17)22(27)25-12-2-5-19(25)14-28-20-10-6-15(7-11-20)21(26)24-18-8-9-18/h1,3-4,6-7,10-11,13,18-19H,2,5,8-9,12,14H2,(H,24,26)/t19-/m1/s1. The molecule has 1 saturated heterocycles. The minimum atomic E-state index is -0.413. The Morgan fingerprint density at radius 1 is 1.07 bits per heavy atom. The van der Waals surface area contributed by atoms with Gasteiger partial charge in [-0.2, -0.15) is 0 Å². The molecule has 2 aromatic carbocycles. The van der Waals surface area contributed by atoms with Crippen molar-refractivity contribution in [3.05, 3.63) is 65.5 Å². The molecule has 28 heavy (non-hydrogen) atoms. The third-order valence-corrected chi connectivity index (χ3v) is 5.18. The molecule has 0 spiro atoms. The van der Waals surface area contributed by atoms with E-state index in [0.717, 1.165) is 25.7 Å². The molecule has 5 nitrogen and oxygen atoms in total. The van der Waals surface area contributed by atoms with Crippen LogP contribution < -0.4 is 10.1 Å². The number of carbonyl (C=O) groups excluding carboxylic acids is 2. The zero-order chi connectivity index (χ0) is 19.5. The normalized spacial score (nSPS) is 18.8. The van der Waals surface area contributed by atoms with Gasteiger partial charge < -0.3 is 15.0 Å². The topological polar surface area (TPSA) is 58.6 Å². The zero-order valence-corrected chi connectivity index (χ0v) is 15.6. The third-order valence-electron chi connectivity index (χ3n) is 5.18. The fourth-order valence-corrected chi connectivity index (χ4v) is 3.46. The van der Waals surface area contributed by atoms with E-state index in [2.05, 4.69) is 5.32 Å². The predicted octanol–water partition coefficient (Wildman–Crippen LogP) is 3.40. The molecule has 2 fully saturated rings. The second-order valence-corrected chi connectivity index (χ2v) is 7.39. The molecule has 0 bridgehead atoms. The van der Waals surface area contributed by atoms with E-state index in [1.54, 1.807) is 41.3 Å². The van der Waals surface area contributed by atoms with Gasteiger partial charge in [-0.25, -0.2) is 4.39 Å². The number of benzene rings is 2. The summed E-state index contributed by atoms with van der Waals surface area (Å²) in [6.45, 7) is 1.01. The first-order valence-electron chi connectivity index (χ1n) is 9.70. The lowest BCUT2D eigenvalue weighted by molar-refractivity contribution is 0.0690. The van der Waals surface area contributed by atoms with E-state index >= 15 is 0 Å². The molecule has 6 heteroatoms. The van der Waals surface area contributed by atoms with Crippen molar-refractivity contribution in [2.24, 2.45) is 0 Å². The van der Waals surface area contributed by atoms with Gasteiger partial charge in [0.25, 0.3) is 11.8 Å². The van der Waals surface area contributed by atoms with Gasteiger partial charge in [0.05, 0.1) is 6.04 Å². The monoisotopic (exact) mass is 382 g/mol. The minimum Gasteiger partial charge on any atom is -0.491 e. The van der Waals surface area contributed by atoms with Crippen molar-refractivity contribution in [3.8, 4) is 5.75 Å². The van der Waals surface area contributed by atoms with Crippen molar-refractivity contribution in [2.45, 2.75) is 37.8 Å². The molecule has 0 aromatic heterocycles. The summed E-state index contributed by atoms with van der Waals surface area (Å²) in [5.74, 6) is 0.0195. The van der Waals surface area contributed by atoms with Crippen LogP contribution in [0.1, 0.15) is 46.4 Å². The van der Waals surface area contributed by atoms with Crippen molar-refractivity contribution in [3.63, 3.8) is 0 Å². The first kappa shape index (κ1) is 18.5. The molecular weight excluding hydrogens is 359 g/mol. The third kappa shape index (κ3) is 4.32. The number of rotatable bonds is 6. The van der Waals surface area contributed by atoms with Crippen LogP contribution in [0.3, 0.4) is 0 Å². The van der Waals surface area contributed by atoms with Crippen LogP contribution >= 0.6 is 0 Å². The number of ether oxygens (including phenoxy) is 1. The zero-order valence-electron chi connectivity index (χ0n) is 15.6. The maximum absolute atomic E-state index is 13.4. The molecule has 1 aliphatic carbocycles. The maximum Gasteiger partial charge on any atom is 0.254 e. The molecule has 1 aliphatic heterocycles. The molecule has 146 valence electrons. The van der Waals surface area contributed by atoms with Crippen LogP contribution in [0.5, 0.6) is 5.75 Å². The Hall–Kier alpha value is -2.89. The highest BCUT2D eigenvalue weighted by atomic mass is 19.1. The fourth-order valence-electron chi connectivity index (χ4n) is 3.46. The molecule has 2 amide bonds. The highest BCUT2D eigenvalue weighted by molar-refractivity contribution is 5.95. The smallest absolute Gasteiger partial charge is 0.254 e. The van der Waals surface area contributed by atoms with Crippen LogP contribution in [-0.2, 0) is 0 Å². The van der Waals surface area contributed by atoms with Gasteiger partial charge in [-0.1, -0.05) is 6.07 Å². The summed E-state index contributed by atoms with van der Waals surface area (Å²) < 4.78 is 19.3. The summed E-state index contributed by atoms with van der Waals surface area (Å²) in [5, 5.41) is 2.95. The number of nitrogens with one attached hydrogen (secondary N) is 1. The van der Waals surface area contributed by atoms with Crippen molar-refractivity contribution in [1.29, 1.82) is 0 Å². The van der Waals surface area contributed by atoms with E-state index in [-0.39, 0.29) is 17.9 Å². The quantitative estimate of drug-likeness (QED) is 0.833. The molecule has 1 saturated carbocycles. The summed E-state index contributed by atoms with van der Waals surface area (Å²) in [5.41, 5.74) is 0.973. The molecule has 2 aliphatic rings. The summed E-state index contributed by atoms with van der Waals surface area (Å²) >= 11 is 0. The fraction of sp³-hybridized carbons (Fsp3) is 0.364. The lowest BCUT2D eigenvalue weighted by atomic mass is 10.1. The second-order valence-electron chi connectivity index (χ2n) is 7.39. The Bertz CT molecular complexity index is 864. The van der Waals surface area contributed by atoms with Crippen LogP contribution in [0.2, 0.25) is 0 Å². The van der Waals surface area contributed by atoms with Gasteiger partial charge in [-0.05, 0) is 68.1 Å². The second kappa shape index (κ2) is 8.00. The number of amides is 2. The number of hydrogen-bond acceptors (Lipinski definition) is 3. The first-order valence-corrected chi connectivity index (χ1v) is 9.70. The highest BCUT2D eigenvalue weighted by Gasteiger charge is 2.30. The van der Waals surface area contributed by atoms with Crippen LogP contribution in [0, 0.1) is 5.82 Å². The molecule has 1 heterocycles. The van der Waals surface area contributed by atoms with E-state index in [1.165, 1.54) is 12.1 Å². The summed E-state index contributed by atoms with van der Waals surface area (Å²) in [6.07, 6.45) is 3.86. The Morgan fingerprint density at radius 3 is 2.57 bits per heavy atom. The molecule has 4 rings (SSSR count). The van der Waals surface area contributed by atoms with E-state index in [4.69, 9.17) is 4.74 Å². The number of likely N-dealkylation sites (tertiary alicyclic amines) is 1.